The first kappa shape index (κ1) is 15.8. The van der Waals surface area contributed by atoms with E-state index >= 15 is 0 Å². The number of ether oxygens (including phenoxy) is 1. The Balaban J connectivity index is 4.30. The maximum absolute atomic E-state index is 11.3. The average Bonchev–Trinajstić information content (AvgIpc) is 2.08. The van der Waals surface area contributed by atoms with E-state index in [1.54, 1.807) is 20.8 Å². The Morgan fingerprint density at radius 2 is 1.88 bits per heavy atom. The van der Waals surface area contributed by atoms with Gasteiger partial charge in [-0.25, -0.2) is 9.59 Å². The Kier molecular flexibility index (Phi) is 6.01. The molecule has 6 nitrogen and oxygen atoms in total. The molecule has 1 amide bonds. The van der Waals surface area contributed by atoms with Gasteiger partial charge in [0.05, 0.1) is 0 Å². The van der Waals surface area contributed by atoms with Gasteiger partial charge in [0, 0.05) is 12.7 Å². The van der Waals surface area contributed by atoms with Gasteiger partial charge in [-0.3, -0.25) is 4.79 Å². The number of amides is 1. The van der Waals surface area contributed by atoms with Crippen LogP contribution in [-0.2, 0) is 14.3 Å². The number of carbonyl (C=O) groups is 3. The van der Waals surface area contributed by atoms with Crippen LogP contribution < -0.4 is 5.32 Å². The van der Waals surface area contributed by atoms with Crippen molar-refractivity contribution in [2.45, 2.75) is 39.3 Å². The number of nitrogens with one attached hydrogen (secondary N) is 1. The Bertz CT molecular complexity index is 310. The summed E-state index contributed by atoms with van der Waals surface area (Å²) in [6.45, 7) is 6.35. The number of rotatable bonds is 4. The van der Waals surface area contributed by atoms with Crippen molar-refractivity contribution in [2.75, 3.05) is 5.75 Å². The molecule has 1 atom stereocenters. The molecule has 7 heteroatoms. The predicted octanol–water partition coefficient (Wildman–Crippen LogP) is 1.24. The van der Waals surface area contributed by atoms with Gasteiger partial charge >= 0.3 is 12.1 Å². The SMILES string of the molecule is CC(=O)SC[C@@H](NC(=O)OC(C)(C)C)C(=O)O. The van der Waals surface area contributed by atoms with Crippen LogP contribution >= 0.6 is 11.8 Å². The summed E-state index contributed by atoms with van der Waals surface area (Å²) >= 11 is 0.838. The summed E-state index contributed by atoms with van der Waals surface area (Å²) in [5.74, 6) is -1.23. The van der Waals surface area contributed by atoms with E-state index in [1.165, 1.54) is 6.92 Å². The van der Waals surface area contributed by atoms with Gasteiger partial charge in [-0.2, -0.15) is 0 Å². The molecule has 0 aromatic heterocycles. The van der Waals surface area contributed by atoms with Gasteiger partial charge in [0.25, 0.3) is 0 Å². The maximum Gasteiger partial charge on any atom is 0.408 e. The van der Waals surface area contributed by atoms with Gasteiger partial charge in [0.15, 0.2) is 5.12 Å². The topological polar surface area (TPSA) is 92.7 Å². The van der Waals surface area contributed by atoms with Crippen LogP contribution in [0.15, 0.2) is 0 Å². The molecular formula is C10H17NO5S. The van der Waals surface area contributed by atoms with Crippen molar-refractivity contribution < 1.29 is 24.2 Å². The van der Waals surface area contributed by atoms with Crippen molar-refractivity contribution in [3.63, 3.8) is 0 Å². The molecule has 0 unspecified atom stereocenters. The largest absolute Gasteiger partial charge is 0.480 e. The lowest BCUT2D eigenvalue weighted by molar-refractivity contribution is -0.138. The van der Waals surface area contributed by atoms with Crippen LogP contribution in [0, 0.1) is 0 Å². The zero-order valence-electron chi connectivity index (χ0n) is 10.3. The number of hydrogen-bond donors (Lipinski definition) is 2. The molecule has 0 bridgehead atoms. The number of carboxylic acids is 1. The third-order valence-corrected chi connectivity index (χ3v) is 2.35. The molecule has 2 N–H and O–H groups in total. The Hall–Kier alpha value is -1.24. The monoisotopic (exact) mass is 263 g/mol. The van der Waals surface area contributed by atoms with Crippen LogP contribution in [0.1, 0.15) is 27.7 Å². The highest BCUT2D eigenvalue weighted by molar-refractivity contribution is 8.13. The molecule has 17 heavy (non-hydrogen) atoms. The molecule has 0 spiro atoms. The molecular weight excluding hydrogens is 246 g/mol. The van der Waals surface area contributed by atoms with Crippen molar-refractivity contribution in [3.8, 4) is 0 Å². The van der Waals surface area contributed by atoms with Crippen LogP contribution in [-0.4, -0.2) is 39.7 Å². The second-order valence-corrected chi connectivity index (χ2v) is 5.54. The summed E-state index contributed by atoms with van der Waals surface area (Å²) in [6.07, 6.45) is -0.811. The summed E-state index contributed by atoms with van der Waals surface area (Å²) in [7, 11) is 0. The standard InChI is InChI=1S/C10H17NO5S/c1-6(12)17-5-7(8(13)14)11-9(15)16-10(2,3)4/h7H,5H2,1-4H3,(H,11,15)(H,13,14)/t7-/m1/s1. The molecule has 0 aromatic carbocycles. The number of carboxylic acid groups (broad SMARTS) is 1. The second kappa shape index (κ2) is 6.48. The molecule has 0 saturated carbocycles. The van der Waals surface area contributed by atoms with Gasteiger partial charge in [-0.15, -0.1) is 0 Å². The Morgan fingerprint density at radius 3 is 2.24 bits per heavy atom. The first-order chi connectivity index (χ1) is 7.61. The maximum atomic E-state index is 11.3. The lowest BCUT2D eigenvalue weighted by Crippen LogP contribution is -2.45. The fourth-order valence-corrected chi connectivity index (χ4v) is 1.45. The Morgan fingerprint density at radius 1 is 1.35 bits per heavy atom. The quantitative estimate of drug-likeness (QED) is 0.792. The zero-order valence-corrected chi connectivity index (χ0v) is 11.1. The summed E-state index contributed by atoms with van der Waals surface area (Å²) in [4.78, 5) is 32.9. The Labute approximate surface area is 104 Å². The van der Waals surface area contributed by atoms with Gasteiger partial charge < -0.3 is 15.2 Å². The average molecular weight is 263 g/mol. The molecule has 0 aromatic rings. The van der Waals surface area contributed by atoms with Crippen LogP contribution in [0.4, 0.5) is 4.79 Å². The zero-order chi connectivity index (χ0) is 13.6. The lowest BCUT2D eigenvalue weighted by Gasteiger charge is -2.21. The summed E-state index contributed by atoms with van der Waals surface area (Å²) < 4.78 is 4.92. The second-order valence-electron chi connectivity index (χ2n) is 4.34. The van der Waals surface area contributed by atoms with E-state index in [0.29, 0.717) is 0 Å². The van der Waals surface area contributed by atoms with Crippen LogP contribution in [0.25, 0.3) is 0 Å². The molecule has 0 rings (SSSR count). The van der Waals surface area contributed by atoms with E-state index in [0.717, 1.165) is 11.8 Å². The third kappa shape index (κ3) is 8.56. The number of alkyl carbamates (subject to hydrolysis) is 1. The summed E-state index contributed by atoms with van der Waals surface area (Å²) in [6, 6.07) is -1.14. The van der Waals surface area contributed by atoms with Gasteiger partial charge in [0.1, 0.15) is 11.6 Å². The first-order valence-corrected chi connectivity index (χ1v) is 5.96. The molecule has 98 valence electrons. The fraction of sp³-hybridized carbons (Fsp3) is 0.700. The van der Waals surface area contributed by atoms with Gasteiger partial charge in [0.2, 0.25) is 0 Å². The normalized spacial score (nSPS) is 12.7. The van der Waals surface area contributed by atoms with E-state index in [2.05, 4.69) is 5.32 Å². The van der Waals surface area contributed by atoms with Crippen LogP contribution in [0.5, 0.6) is 0 Å². The molecule has 0 radical (unpaired) electrons. The highest BCUT2D eigenvalue weighted by Crippen LogP contribution is 2.08. The van der Waals surface area contributed by atoms with E-state index in [4.69, 9.17) is 9.84 Å². The lowest BCUT2D eigenvalue weighted by atomic mass is 10.2. The van der Waals surface area contributed by atoms with E-state index in [1.807, 2.05) is 0 Å². The van der Waals surface area contributed by atoms with Gasteiger partial charge in [-0.1, -0.05) is 11.8 Å². The molecule has 0 aliphatic rings. The number of carbonyl (C=O) groups excluding carboxylic acids is 2. The van der Waals surface area contributed by atoms with E-state index < -0.39 is 23.7 Å². The van der Waals surface area contributed by atoms with Crippen molar-refractivity contribution >= 4 is 28.9 Å². The molecule has 0 fully saturated rings. The highest BCUT2D eigenvalue weighted by Gasteiger charge is 2.24. The van der Waals surface area contributed by atoms with Crippen molar-refractivity contribution in [3.05, 3.63) is 0 Å². The number of thioether (sulfide) groups is 1. The molecule has 0 heterocycles. The minimum Gasteiger partial charge on any atom is -0.480 e. The first-order valence-electron chi connectivity index (χ1n) is 4.97. The molecule has 0 aliphatic carbocycles. The van der Waals surface area contributed by atoms with Crippen molar-refractivity contribution in [1.29, 1.82) is 0 Å². The van der Waals surface area contributed by atoms with E-state index in [-0.39, 0.29) is 10.9 Å². The van der Waals surface area contributed by atoms with Crippen LogP contribution in [0.3, 0.4) is 0 Å². The number of hydrogen-bond acceptors (Lipinski definition) is 5. The van der Waals surface area contributed by atoms with Crippen LogP contribution in [0.2, 0.25) is 0 Å². The minimum atomic E-state index is -1.20. The third-order valence-electron chi connectivity index (χ3n) is 1.44. The minimum absolute atomic E-state index is 0.0239. The molecule has 0 aliphatic heterocycles. The summed E-state index contributed by atoms with van der Waals surface area (Å²) in [5, 5.41) is 10.8. The highest BCUT2D eigenvalue weighted by atomic mass is 32.2. The van der Waals surface area contributed by atoms with Crippen molar-refractivity contribution in [1.82, 2.24) is 5.32 Å². The van der Waals surface area contributed by atoms with E-state index in [9.17, 15) is 14.4 Å². The van der Waals surface area contributed by atoms with Crippen molar-refractivity contribution in [2.24, 2.45) is 0 Å². The smallest absolute Gasteiger partial charge is 0.408 e. The van der Waals surface area contributed by atoms with Gasteiger partial charge in [-0.05, 0) is 20.8 Å². The molecule has 0 saturated heterocycles. The predicted molar refractivity (Wildman–Crippen MR) is 63.9 cm³/mol. The summed E-state index contributed by atoms with van der Waals surface area (Å²) in [5.41, 5.74) is -0.694. The fourth-order valence-electron chi connectivity index (χ4n) is 0.825. The number of aliphatic carboxylic acids is 1.